The number of nitrogens with zero attached hydrogens (tertiary/aromatic N) is 1. The standard InChI is InChI=1S/C46H29NS2/c1-2-16-31-30(14-1)15-11-21-32(31)33-17-3-7-23-38(33)47(40-25-13-29-44-46(40)37-20-6-10-27-42(37)49-44)39-24-8-4-18-34(39)35-22-12-28-43-45(35)36-19-5-9-26-41(36)48-43/h1-29H. The highest BCUT2D eigenvalue weighted by molar-refractivity contribution is 7.26. The molecule has 10 rings (SSSR count). The fourth-order valence-electron chi connectivity index (χ4n) is 7.58. The van der Waals surface area contributed by atoms with E-state index < -0.39 is 0 Å². The molecule has 2 aromatic heterocycles. The zero-order chi connectivity index (χ0) is 32.3. The number of hydrogen-bond donors (Lipinski definition) is 0. The van der Waals surface area contributed by atoms with Crippen LogP contribution in [-0.4, -0.2) is 0 Å². The average Bonchev–Trinajstić information content (AvgIpc) is 3.74. The normalized spacial score (nSPS) is 11.7. The van der Waals surface area contributed by atoms with Gasteiger partial charge in [-0.3, -0.25) is 0 Å². The first-order chi connectivity index (χ1) is 24.3. The van der Waals surface area contributed by atoms with E-state index in [9.17, 15) is 0 Å². The van der Waals surface area contributed by atoms with Crippen molar-refractivity contribution in [3.63, 3.8) is 0 Å². The second kappa shape index (κ2) is 11.5. The third-order valence-electron chi connectivity index (χ3n) is 9.68. The van der Waals surface area contributed by atoms with E-state index in [2.05, 4.69) is 181 Å². The van der Waals surface area contributed by atoms with Gasteiger partial charge in [0.15, 0.2) is 0 Å². The highest BCUT2D eigenvalue weighted by Gasteiger charge is 2.25. The number of para-hydroxylation sites is 2. The van der Waals surface area contributed by atoms with E-state index in [1.54, 1.807) is 0 Å². The molecule has 10 aromatic rings. The van der Waals surface area contributed by atoms with Crippen LogP contribution in [0.1, 0.15) is 0 Å². The van der Waals surface area contributed by atoms with Crippen LogP contribution in [0.5, 0.6) is 0 Å². The van der Waals surface area contributed by atoms with E-state index in [0.29, 0.717) is 0 Å². The van der Waals surface area contributed by atoms with Crippen LogP contribution in [0, 0.1) is 0 Å². The minimum Gasteiger partial charge on any atom is -0.309 e. The van der Waals surface area contributed by atoms with Gasteiger partial charge in [0, 0.05) is 51.5 Å². The van der Waals surface area contributed by atoms with Crippen molar-refractivity contribution in [3.05, 3.63) is 176 Å². The van der Waals surface area contributed by atoms with Gasteiger partial charge in [-0.05, 0) is 64.4 Å². The Bertz CT molecular complexity index is 2850. The van der Waals surface area contributed by atoms with E-state index in [1.165, 1.54) is 79.1 Å². The monoisotopic (exact) mass is 659 g/mol. The van der Waals surface area contributed by atoms with Gasteiger partial charge in [-0.25, -0.2) is 0 Å². The predicted octanol–water partition coefficient (Wildman–Crippen LogP) is 14.4. The van der Waals surface area contributed by atoms with Crippen LogP contribution in [0.2, 0.25) is 0 Å². The summed E-state index contributed by atoms with van der Waals surface area (Å²) >= 11 is 3.74. The Kier molecular flexibility index (Phi) is 6.61. The van der Waals surface area contributed by atoms with Gasteiger partial charge in [-0.15, -0.1) is 22.7 Å². The maximum Gasteiger partial charge on any atom is 0.0555 e. The molecule has 0 fully saturated rings. The van der Waals surface area contributed by atoms with E-state index in [1.807, 2.05) is 22.7 Å². The van der Waals surface area contributed by atoms with Crippen LogP contribution in [0.15, 0.2) is 176 Å². The fraction of sp³-hybridized carbons (Fsp3) is 0. The molecule has 0 saturated carbocycles. The Morgan fingerprint density at radius 1 is 0.286 bits per heavy atom. The SMILES string of the molecule is c1ccc(N(c2ccccc2-c2cccc3sc4ccccc4c23)c2cccc3sc4ccccc4c23)c(-c2cccc3ccccc23)c1. The van der Waals surface area contributed by atoms with Gasteiger partial charge >= 0.3 is 0 Å². The summed E-state index contributed by atoms with van der Waals surface area (Å²) in [5, 5.41) is 7.68. The lowest BCUT2D eigenvalue weighted by molar-refractivity contribution is 1.30. The average molecular weight is 660 g/mol. The number of fused-ring (bicyclic) bond motifs is 7. The molecule has 0 bridgehead atoms. The van der Waals surface area contributed by atoms with Gasteiger partial charge in [-0.1, -0.05) is 133 Å². The van der Waals surface area contributed by atoms with Crippen molar-refractivity contribution in [2.75, 3.05) is 4.90 Å². The number of rotatable bonds is 5. The number of anilines is 3. The van der Waals surface area contributed by atoms with Gasteiger partial charge in [0.1, 0.15) is 0 Å². The van der Waals surface area contributed by atoms with Crippen molar-refractivity contribution >= 4 is 90.9 Å². The Morgan fingerprint density at radius 2 is 0.714 bits per heavy atom. The molecule has 0 amide bonds. The van der Waals surface area contributed by atoms with Crippen LogP contribution in [-0.2, 0) is 0 Å². The lowest BCUT2D eigenvalue weighted by Gasteiger charge is -2.31. The zero-order valence-electron chi connectivity index (χ0n) is 26.5. The summed E-state index contributed by atoms with van der Waals surface area (Å²) in [6.07, 6.45) is 0. The van der Waals surface area contributed by atoms with E-state index in [-0.39, 0.29) is 0 Å². The van der Waals surface area contributed by atoms with Crippen LogP contribution in [0.25, 0.3) is 73.4 Å². The molecule has 0 unspecified atom stereocenters. The molecular weight excluding hydrogens is 631 g/mol. The lowest BCUT2D eigenvalue weighted by Crippen LogP contribution is -2.13. The minimum absolute atomic E-state index is 1.15. The molecular formula is C46H29NS2. The molecule has 230 valence electrons. The van der Waals surface area contributed by atoms with Crippen LogP contribution in [0.3, 0.4) is 0 Å². The molecule has 49 heavy (non-hydrogen) atoms. The van der Waals surface area contributed by atoms with Crippen molar-refractivity contribution in [3.8, 4) is 22.3 Å². The Hall–Kier alpha value is -5.74. The summed E-state index contributed by atoms with van der Waals surface area (Å²) < 4.78 is 5.21. The molecule has 0 aliphatic rings. The van der Waals surface area contributed by atoms with Crippen LogP contribution >= 0.6 is 22.7 Å². The summed E-state index contributed by atoms with van der Waals surface area (Å²) in [5.41, 5.74) is 8.37. The summed E-state index contributed by atoms with van der Waals surface area (Å²) in [5.74, 6) is 0. The second-order valence-electron chi connectivity index (χ2n) is 12.4. The van der Waals surface area contributed by atoms with Crippen LogP contribution < -0.4 is 4.90 Å². The highest BCUT2D eigenvalue weighted by Crippen LogP contribution is 2.51. The minimum atomic E-state index is 1.15. The molecule has 3 heteroatoms. The van der Waals surface area contributed by atoms with Crippen molar-refractivity contribution in [1.82, 2.24) is 0 Å². The Labute approximate surface area is 292 Å². The molecule has 0 saturated heterocycles. The topological polar surface area (TPSA) is 3.24 Å². The summed E-state index contributed by atoms with van der Waals surface area (Å²) in [4.78, 5) is 2.53. The molecule has 0 radical (unpaired) electrons. The fourth-order valence-corrected chi connectivity index (χ4v) is 9.84. The third-order valence-corrected chi connectivity index (χ3v) is 12.0. The molecule has 2 heterocycles. The molecule has 0 atom stereocenters. The Morgan fingerprint density at radius 3 is 1.45 bits per heavy atom. The first-order valence-electron chi connectivity index (χ1n) is 16.6. The lowest BCUT2D eigenvalue weighted by atomic mass is 9.94. The van der Waals surface area contributed by atoms with Crippen molar-refractivity contribution in [2.24, 2.45) is 0 Å². The van der Waals surface area contributed by atoms with Gasteiger partial charge < -0.3 is 4.90 Å². The molecule has 1 nitrogen and oxygen atoms in total. The van der Waals surface area contributed by atoms with Gasteiger partial charge in [-0.2, -0.15) is 0 Å². The predicted molar refractivity (Wildman–Crippen MR) is 215 cm³/mol. The van der Waals surface area contributed by atoms with E-state index in [4.69, 9.17) is 0 Å². The summed E-state index contributed by atoms with van der Waals surface area (Å²) in [6, 6.07) is 64.5. The first kappa shape index (κ1) is 28.3. The maximum atomic E-state index is 2.53. The zero-order valence-corrected chi connectivity index (χ0v) is 28.1. The largest absolute Gasteiger partial charge is 0.309 e. The van der Waals surface area contributed by atoms with Crippen molar-refractivity contribution < 1.29 is 0 Å². The van der Waals surface area contributed by atoms with E-state index in [0.717, 1.165) is 11.4 Å². The van der Waals surface area contributed by atoms with Crippen molar-refractivity contribution in [2.45, 2.75) is 0 Å². The first-order valence-corrected chi connectivity index (χ1v) is 18.2. The van der Waals surface area contributed by atoms with E-state index >= 15 is 0 Å². The van der Waals surface area contributed by atoms with Crippen molar-refractivity contribution in [1.29, 1.82) is 0 Å². The molecule has 8 aromatic carbocycles. The molecule has 0 spiro atoms. The molecule has 0 N–H and O–H groups in total. The summed E-state index contributed by atoms with van der Waals surface area (Å²) in [7, 11) is 0. The Balaban J connectivity index is 1.32. The second-order valence-corrected chi connectivity index (χ2v) is 14.6. The summed E-state index contributed by atoms with van der Waals surface area (Å²) in [6.45, 7) is 0. The van der Waals surface area contributed by atoms with Gasteiger partial charge in [0.05, 0.1) is 17.1 Å². The number of thiophene rings is 2. The smallest absolute Gasteiger partial charge is 0.0555 e. The molecule has 0 aliphatic carbocycles. The van der Waals surface area contributed by atoms with Gasteiger partial charge in [0.25, 0.3) is 0 Å². The van der Waals surface area contributed by atoms with Crippen LogP contribution in [0.4, 0.5) is 17.1 Å². The number of hydrogen-bond acceptors (Lipinski definition) is 3. The third kappa shape index (κ3) is 4.51. The quantitative estimate of drug-likeness (QED) is 0.178. The molecule has 0 aliphatic heterocycles. The van der Waals surface area contributed by atoms with Gasteiger partial charge in [0.2, 0.25) is 0 Å². The maximum absolute atomic E-state index is 2.53. The highest BCUT2D eigenvalue weighted by atomic mass is 32.1. The number of benzene rings is 8.